The molecule has 1 aromatic rings. The van der Waals surface area contributed by atoms with Crippen LogP contribution in [0.15, 0.2) is 6.20 Å². The third kappa shape index (κ3) is 2.46. The van der Waals surface area contributed by atoms with Gasteiger partial charge in [0.15, 0.2) is 0 Å². The van der Waals surface area contributed by atoms with Gasteiger partial charge in [0.1, 0.15) is 0 Å². The molecule has 1 unspecified atom stereocenters. The van der Waals surface area contributed by atoms with Gasteiger partial charge in [-0.05, 0) is 6.92 Å². The summed E-state index contributed by atoms with van der Waals surface area (Å²) in [6.07, 6.45) is 1.69. The molecule has 1 aromatic heterocycles. The van der Waals surface area contributed by atoms with Crippen LogP contribution in [0.4, 0.5) is 0 Å². The summed E-state index contributed by atoms with van der Waals surface area (Å²) in [7, 11) is 0. The van der Waals surface area contributed by atoms with Crippen LogP contribution >= 0.6 is 11.6 Å². The van der Waals surface area contributed by atoms with Gasteiger partial charge in [-0.25, -0.2) is 5.84 Å². The van der Waals surface area contributed by atoms with E-state index in [-0.39, 0.29) is 11.8 Å². The Labute approximate surface area is 87.2 Å². The molecule has 0 aliphatic carbocycles. The van der Waals surface area contributed by atoms with Crippen molar-refractivity contribution >= 4 is 17.5 Å². The monoisotopic (exact) mass is 216 g/mol. The van der Waals surface area contributed by atoms with Crippen molar-refractivity contribution in [3.63, 3.8) is 0 Å². The van der Waals surface area contributed by atoms with Crippen LogP contribution in [0.25, 0.3) is 0 Å². The number of carbonyl (C=O) groups excluding carboxylic acids is 1. The molecule has 0 saturated carbocycles. The van der Waals surface area contributed by atoms with Gasteiger partial charge in [0.25, 0.3) is 0 Å². The third-order valence-electron chi connectivity index (χ3n) is 1.94. The Balaban J connectivity index is 2.64. The second-order valence-electron chi connectivity index (χ2n) is 3.19. The van der Waals surface area contributed by atoms with E-state index in [0.717, 1.165) is 5.69 Å². The fraction of sp³-hybridized carbons (Fsp3) is 0.500. The zero-order valence-electron chi connectivity index (χ0n) is 8.12. The Morgan fingerprint density at radius 3 is 2.93 bits per heavy atom. The molecular weight excluding hydrogens is 204 g/mol. The highest BCUT2D eigenvalue weighted by Crippen LogP contribution is 2.13. The summed E-state index contributed by atoms with van der Waals surface area (Å²) in [6.45, 7) is 4.05. The highest BCUT2D eigenvalue weighted by molar-refractivity contribution is 6.31. The smallest absolute Gasteiger partial charge is 0.238 e. The third-order valence-corrected chi connectivity index (χ3v) is 2.31. The van der Waals surface area contributed by atoms with Gasteiger partial charge in [-0.3, -0.25) is 14.9 Å². The molecule has 78 valence electrons. The maximum Gasteiger partial charge on any atom is 0.238 e. The van der Waals surface area contributed by atoms with Gasteiger partial charge in [-0.15, -0.1) is 0 Å². The van der Waals surface area contributed by atoms with Crippen LogP contribution in [-0.4, -0.2) is 15.7 Å². The van der Waals surface area contributed by atoms with Crippen molar-refractivity contribution in [3.8, 4) is 0 Å². The van der Waals surface area contributed by atoms with Gasteiger partial charge in [0.2, 0.25) is 5.91 Å². The van der Waals surface area contributed by atoms with E-state index in [1.807, 2.05) is 6.92 Å². The molecule has 5 nitrogen and oxygen atoms in total. The predicted molar refractivity (Wildman–Crippen MR) is 53.5 cm³/mol. The van der Waals surface area contributed by atoms with Crippen LogP contribution in [0.2, 0.25) is 5.02 Å². The molecule has 1 rings (SSSR count). The van der Waals surface area contributed by atoms with Crippen molar-refractivity contribution in [3.05, 3.63) is 16.9 Å². The summed E-state index contributed by atoms with van der Waals surface area (Å²) in [5.41, 5.74) is 2.85. The van der Waals surface area contributed by atoms with Crippen LogP contribution in [-0.2, 0) is 11.3 Å². The summed E-state index contributed by atoms with van der Waals surface area (Å²) in [5.74, 6) is 4.57. The highest BCUT2D eigenvalue weighted by atomic mass is 35.5. The molecule has 0 fully saturated rings. The number of halogens is 1. The first-order valence-corrected chi connectivity index (χ1v) is 4.62. The number of aromatic nitrogens is 2. The molecule has 0 radical (unpaired) electrons. The lowest BCUT2D eigenvalue weighted by Gasteiger charge is -2.08. The van der Waals surface area contributed by atoms with Crippen LogP contribution < -0.4 is 11.3 Å². The number of amides is 1. The lowest BCUT2D eigenvalue weighted by atomic mass is 10.2. The van der Waals surface area contributed by atoms with Gasteiger partial charge in [0, 0.05) is 6.20 Å². The first-order valence-electron chi connectivity index (χ1n) is 4.24. The number of nitrogens with one attached hydrogen (secondary N) is 1. The number of aryl methyl sites for hydroxylation is 1. The van der Waals surface area contributed by atoms with E-state index in [9.17, 15) is 4.79 Å². The Kier molecular flexibility index (Phi) is 3.49. The molecular formula is C8H13ClN4O. The molecule has 0 aromatic carbocycles. The van der Waals surface area contributed by atoms with E-state index in [1.54, 1.807) is 17.8 Å². The number of carbonyl (C=O) groups is 1. The Morgan fingerprint density at radius 1 is 1.86 bits per heavy atom. The normalized spacial score (nSPS) is 12.6. The molecule has 1 heterocycles. The Bertz CT molecular complexity index is 317. The molecule has 0 aliphatic heterocycles. The minimum absolute atomic E-state index is 0.214. The van der Waals surface area contributed by atoms with Crippen LogP contribution in [0, 0.1) is 12.8 Å². The number of rotatable bonds is 3. The van der Waals surface area contributed by atoms with Crippen molar-refractivity contribution < 1.29 is 4.79 Å². The van der Waals surface area contributed by atoms with Crippen molar-refractivity contribution in [2.24, 2.45) is 11.8 Å². The molecule has 0 bridgehead atoms. The number of nitrogens with zero attached hydrogens (tertiary/aromatic N) is 2. The lowest BCUT2D eigenvalue weighted by Crippen LogP contribution is -2.36. The van der Waals surface area contributed by atoms with Crippen molar-refractivity contribution in [2.75, 3.05) is 0 Å². The molecule has 1 amide bonds. The molecule has 6 heteroatoms. The van der Waals surface area contributed by atoms with Gasteiger partial charge in [-0.2, -0.15) is 5.10 Å². The van der Waals surface area contributed by atoms with Gasteiger partial charge in [0.05, 0.1) is 23.2 Å². The Hall–Kier alpha value is -1.07. The maximum absolute atomic E-state index is 11.1. The molecule has 0 saturated heterocycles. The standard InChI is InChI=1S/C8H13ClN4O/c1-5(8(14)11-10)3-13-4-7(9)6(2)12-13/h4-5H,3,10H2,1-2H3,(H,11,14). The van der Waals surface area contributed by atoms with E-state index < -0.39 is 0 Å². The van der Waals surface area contributed by atoms with E-state index >= 15 is 0 Å². The summed E-state index contributed by atoms with van der Waals surface area (Å²) >= 11 is 5.82. The Morgan fingerprint density at radius 2 is 2.50 bits per heavy atom. The lowest BCUT2D eigenvalue weighted by molar-refractivity contribution is -0.125. The number of nitrogens with two attached hydrogens (primary N) is 1. The molecule has 0 aliphatic rings. The first-order chi connectivity index (χ1) is 6.54. The molecule has 0 spiro atoms. The van der Waals surface area contributed by atoms with E-state index in [4.69, 9.17) is 17.4 Å². The van der Waals surface area contributed by atoms with E-state index in [2.05, 4.69) is 10.5 Å². The second-order valence-corrected chi connectivity index (χ2v) is 3.60. The summed E-state index contributed by atoms with van der Waals surface area (Å²) in [4.78, 5) is 11.1. The minimum Gasteiger partial charge on any atom is -0.294 e. The fourth-order valence-corrected chi connectivity index (χ4v) is 1.24. The van der Waals surface area contributed by atoms with Gasteiger partial charge in [-0.1, -0.05) is 18.5 Å². The van der Waals surface area contributed by atoms with Gasteiger partial charge >= 0.3 is 0 Å². The predicted octanol–water partition coefficient (Wildman–Crippen LogP) is 0.471. The first kappa shape index (κ1) is 11.0. The molecule has 3 N–H and O–H groups in total. The zero-order valence-corrected chi connectivity index (χ0v) is 8.88. The van der Waals surface area contributed by atoms with Crippen LogP contribution in [0.5, 0.6) is 0 Å². The minimum atomic E-state index is -0.227. The van der Waals surface area contributed by atoms with Gasteiger partial charge < -0.3 is 0 Å². The summed E-state index contributed by atoms with van der Waals surface area (Å²) < 4.78 is 1.64. The summed E-state index contributed by atoms with van der Waals surface area (Å²) in [5, 5.41) is 4.73. The van der Waals surface area contributed by atoms with Crippen LogP contribution in [0.3, 0.4) is 0 Å². The van der Waals surface area contributed by atoms with Crippen molar-refractivity contribution in [1.29, 1.82) is 0 Å². The largest absolute Gasteiger partial charge is 0.294 e. The van der Waals surface area contributed by atoms with E-state index in [0.29, 0.717) is 11.6 Å². The number of hydrogen-bond acceptors (Lipinski definition) is 3. The van der Waals surface area contributed by atoms with Crippen molar-refractivity contribution in [1.82, 2.24) is 15.2 Å². The maximum atomic E-state index is 11.1. The average Bonchev–Trinajstić information content (AvgIpc) is 2.44. The van der Waals surface area contributed by atoms with Crippen molar-refractivity contribution in [2.45, 2.75) is 20.4 Å². The highest BCUT2D eigenvalue weighted by Gasteiger charge is 2.13. The van der Waals surface area contributed by atoms with E-state index in [1.165, 1.54) is 0 Å². The number of hydrazine groups is 1. The SMILES string of the molecule is Cc1nn(CC(C)C(=O)NN)cc1Cl. The molecule has 1 atom stereocenters. The number of hydrogen-bond donors (Lipinski definition) is 2. The van der Waals surface area contributed by atoms with Crippen LogP contribution in [0.1, 0.15) is 12.6 Å². The average molecular weight is 217 g/mol. The topological polar surface area (TPSA) is 72.9 Å². The summed E-state index contributed by atoms with van der Waals surface area (Å²) in [6, 6.07) is 0. The second kappa shape index (κ2) is 4.43. The zero-order chi connectivity index (χ0) is 10.7. The molecule has 14 heavy (non-hydrogen) atoms. The quantitative estimate of drug-likeness (QED) is 0.438. The fourth-order valence-electron chi connectivity index (χ4n) is 1.09.